The zero-order chi connectivity index (χ0) is 25.2. The van der Waals surface area contributed by atoms with E-state index < -0.39 is 0 Å². The van der Waals surface area contributed by atoms with Crippen LogP contribution in [0.1, 0.15) is 25.7 Å². The highest BCUT2D eigenvalue weighted by Crippen LogP contribution is 2.31. The topological polar surface area (TPSA) is 89.7 Å². The number of carbonyl (C=O) groups is 1. The summed E-state index contributed by atoms with van der Waals surface area (Å²) in [6.45, 7) is 3.48. The third-order valence-electron chi connectivity index (χ3n) is 7.81. The van der Waals surface area contributed by atoms with Crippen molar-refractivity contribution in [3.05, 3.63) is 63.6 Å². The zero-order valence-electron chi connectivity index (χ0n) is 20.9. The Hall–Kier alpha value is -3.62. The number of pyridine rings is 1. The van der Waals surface area contributed by atoms with E-state index in [1.807, 2.05) is 17.0 Å². The minimum Gasteiger partial charge on any atom is -0.497 e. The van der Waals surface area contributed by atoms with Gasteiger partial charge in [-0.1, -0.05) is 0 Å². The van der Waals surface area contributed by atoms with Crippen molar-refractivity contribution in [3.63, 3.8) is 0 Å². The molecule has 1 aliphatic carbocycles. The lowest BCUT2D eigenvalue weighted by Gasteiger charge is -2.38. The normalized spacial score (nSPS) is 20.5. The Kier molecular flexibility index (Phi) is 6.80. The predicted molar refractivity (Wildman–Crippen MR) is 138 cm³/mol. The number of hydrogen-bond acceptors (Lipinski definition) is 6. The largest absolute Gasteiger partial charge is 0.497 e. The maximum atomic E-state index is 13.2. The van der Waals surface area contributed by atoms with Crippen LogP contribution in [0.4, 0.5) is 5.69 Å². The number of piperazine rings is 1. The Morgan fingerprint density at radius 3 is 2.36 bits per heavy atom. The first-order chi connectivity index (χ1) is 17.5. The van der Waals surface area contributed by atoms with Crippen LogP contribution in [0.2, 0.25) is 0 Å². The fraction of sp³-hybridized carbons (Fsp3) is 0.481. The highest BCUT2D eigenvalue weighted by molar-refractivity contribution is 5.80. The molecule has 0 spiro atoms. The van der Waals surface area contributed by atoms with E-state index in [-0.39, 0.29) is 29.0 Å². The van der Waals surface area contributed by atoms with Gasteiger partial charge in [-0.05, 0) is 61.9 Å². The van der Waals surface area contributed by atoms with Crippen molar-refractivity contribution >= 4 is 22.5 Å². The predicted octanol–water partition coefficient (Wildman–Crippen LogP) is 2.26. The lowest BCUT2D eigenvalue weighted by atomic mass is 9.81. The van der Waals surface area contributed by atoms with Gasteiger partial charge in [0.2, 0.25) is 5.91 Å². The number of nitrogens with zero attached hydrogens (tertiary/aromatic N) is 5. The van der Waals surface area contributed by atoms with E-state index in [0.29, 0.717) is 23.2 Å². The van der Waals surface area contributed by atoms with E-state index >= 15 is 0 Å². The number of aryl methyl sites for hydroxylation is 1. The first-order valence-corrected chi connectivity index (χ1v) is 12.7. The molecule has 3 heterocycles. The van der Waals surface area contributed by atoms with Crippen molar-refractivity contribution in [2.45, 2.75) is 32.2 Å². The average Bonchev–Trinajstić information content (AvgIpc) is 2.94. The molecule has 0 bridgehead atoms. The summed E-state index contributed by atoms with van der Waals surface area (Å²) in [6.07, 6.45) is 6.85. The maximum absolute atomic E-state index is 13.2. The molecular formula is C27H33N5O4. The Morgan fingerprint density at radius 1 is 1.00 bits per heavy atom. The smallest absolute Gasteiger partial charge is 0.331 e. The second-order valence-electron chi connectivity index (χ2n) is 9.88. The number of hydrogen-bond donors (Lipinski definition) is 0. The quantitative estimate of drug-likeness (QED) is 0.544. The molecule has 2 aliphatic rings. The number of anilines is 1. The zero-order valence-corrected chi connectivity index (χ0v) is 20.9. The number of carbonyl (C=O) groups excluding carboxylic acids is 1. The van der Waals surface area contributed by atoms with E-state index in [9.17, 15) is 14.4 Å². The van der Waals surface area contributed by atoms with E-state index in [4.69, 9.17) is 4.74 Å². The van der Waals surface area contributed by atoms with Crippen molar-refractivity contribution in [2.75, 3.05) is 38.2 Å². The summed E-state index contributed by atoms with van der Waals surface area (Å²) < 4.78 is 8.15. The fourth-order valence-electron chi connectivity index (χ4n) is 5.63. The minimum absolute atomic E-state index is 0.0224. The number of methoxy groups -OCH3 is 1. The molecule has 5 rings (SSSR count). The van der Waals surface area contributed by atoms with Crippen molar-refractivity contribution in [1.82, 2.24) is 19.0 Å². The second kappa shape index (κ2) is 10.2. The van der Waals surface area contributed by atoms with Gasteiger partial charge < -0.3 is 14.5 Å². The lowest BCUT2D eigenvalue weighted by molar-refractivity contribution is -0.137. The standard InChI is InChI=1S/C27H33N5O4/c1-29-24-8-7-22(36-2)17-23(24)26(34)32(27(29)35)18-19-3-5-20(6-4-19)25(33)31-15-13-30(14-16-31)21-9-11-28-12-10-21/h7-12,17,19-20H,3-6,13-16,18H2,1-2H3/t19-,20-. The Labute approximate surface area is 209 Å². The van der Waals surface area contributed by atoms with Crippen LogP contribution in [0.5, 0.6) is 5.75 Å². The van der Waals surface area contributed by atoms with E-state index in [1.54, 1.807) is 44.8 Å². The molecule has 1 amide bonds. The van der Waals surface area contributed by atoms with Gasteiger partial charge >= 0.3 is 5.69 Å². The highest BCUT2D eigenvalue weighted by atomic mass is 16.5. The van der Waals surface area contributed by atoms with Gasteiger partial charge in [0.05, 0.1) is 18.0 Å². The molecule has 1 aliphatic heterocycles. The van der Waals surface area contributed by atoms with Crippen LogP contribution in [0.25, 0.3) is 10.9 Å². The van der Waals surface area contributed by atoms with Gasteiger partial charge in [0.15, 0.2) is 0 Å². The number of aromatic nitrogens is 3. The van der Waals surface area contributed by atoms with Gasteiger partial charge in [-0.2, -0.15) is 0 Å². The Bertz CT molecular complexity index is 1350. The monoisotopic (exact) mass is 491 g/mol. The molecule has 0 unspecified atom stereocenters. The highest BCUT2D eigenvalue weighted by Gasteiger charge is 2.31. The van der Waals surface area contributed by atoms with Crippen LogP contribution in [-0.2, 0) is 18.4 Å². The summed E-state index contributed by atoms with van der Waals surface area (Å²) in [5, 5.41) is 0.478. The van der Waals surface area contributed by atoms with Crippen LogP contribution in [0, 0.1) is 11.8 Å². The summed E-state index contributed by atoms with van der Waals surface area (Å²) in [4.78, 5) is 47.7. The molecular weight excluding hydrogens is 458 g/mol. The SMILES string of the molecule is COc1ccc2c(c1)c(=O)n(C[C@H]1CC[C@H](C(=O)N3CCN(c4ccncc4)CC3)CC1)c(=O)n2C. The summed E-state index contributed by atoms with van der Waals surface area (Å²) in [5.74, 6) is 1.05. The molecule has 0 radical (unpaired) electrons. The lowest BCUT2D eigenvalue weighted by Crippen LogP contribution is -2.50. The van der Waals surface area contributed by atoms with Gasteiger partial charge in [-0.15, -0.1) is 0 Å². The number of rotatable bonds is 5. The first kappa shape index (κ1) is 24.1. The van der Waals surface area contributed by atoms with E-state index in [1.165, 1.54) is 9.13 Å². The van der Waals surface area contributed by atoms with Crippen molar-refractivity contribution in [3.8, 4) is 5.75 Å². The summed E-state index contributed by atoms with van der Waals surface area (Å²) in [7, 11) is 3.25. The van der Waals surface area contributed by atoms with Crippen molar-refractivity contribution in [1.29, 1.82) is 0 Å². The molecule has 190 valence electrons. The number of amides is 1. The average molecular weight is 492 g/mol. The van der Waals surface area contributed by atoms with E-state index in [0.717, 1.165) is 57.5 Å². The fourth-order valence-corrected chi connectivity index (χ4v) is 5.63. The number of ether oxygens (including phenoxy) is 1. The van der Waals surface area contributed by atoms with Gasteiger partial charge in [0.1, 0.15) is 5.75 Å². The number of fused-ring (bicyclic) bond motifs is 1. The van der Waals surface area contributed by atoms with Crippen LogP contribution in [-0.4, -0.2) is 58.2 Å². The molecule has 2 aromatic heterocycles. The number of benzene rings is 1. The molecule has 0 N–H and O–H groups in total. The molecule has 2 fully saturated rings. The molecule has 3 aromatic rings. The van der Waals surface area contributed by atoms with Crippen molar-refractivity contribution < 1.29 is 9.53 Å². The van der Waals surface area contributed by atoms with Gasteiger partial charge in [-0.25, -0.2) is 4.79 Å². The van der Waals surface area contributed by atoms with E-state index in [2.05, 4.69) is 9.88 Å². The molecule has 1 saturated heterocycles. The third kappa shape index (κ3) is 4.62. The van der Waals surface area contributed by atoms with Crippen LogP contribution in [0.15, 0.2) is 52.3 Å². The molecule has 36 heavy (non-hydrogen) atoms. The second-order valence-corrected chi connectivity index (χ2v) is 9.88. The van der Waals surface area contributed by atoms with Crippen molar-refractivity contribution in [2.24, 2.45) is 18.9 Å². The molecule has 1 aromatic carbocycles. The Morgan fingerprint density at radius 2 is 1.69 bits per heavy atom. The molecule has 9 nitrogen and oxygen atoms in total. The van der Waals surface area contributed by atoms with Gasteiger partial charge in [0, 0.05) is 63.8 Å². The molecule has 1 saturated carbocycles. The minimum atomic E-state index is -0.303. The van der Waals surface area contributed by atoms with Crippen LogP contribution in [0.3, 0.4) is 0 Å². The summed E-state index contributed by atoms with van der Waals surface area (Å²) in [5.41, 5.74) is 1.16. The van der Waals surface area contributed by atoms with Gasteiger partial charge in [0.25, 0.3) is 5.56 Å². The van der Waals surface area contributed by atoms with Gasteiger partial charge in [-0.3, -0.25) is 23.7 Å². The summed E-state index contributed by atoms with van der Waals surface area (Å²) in [6, 6.07) is 9.20. The van der Waals surface area contributed by atoms with Crippen LogP contribution < -0.4 is 20.9 Å². The molecule has 0 atom stereocenters. The first-order valence-electron chi connectivity index (χ1n) is 12.7. The summed E-state index contributed by atoms with van der Waals surface area (Å²) >= 11 is 0. The Balaban J connectivity index is 1.21. The maximum Gasteiger partial charge on any atom is 0.331 e. The molecule has 9 heteroatoms. The third-order valence-corrected chi connectivity index (χ3v) is 7.81. The van der Waals surface area contributed by atoms with Crippen LogP contribution >= 0.6 is 0 Å².